The highest BCUT2D eigenvalue weighted by molar-refractivity contribution is 7.99. The molecule has 0 spiro atoms. The van der Waals surface area contributed by atoms with Gasteiger partial charge in [0.05, 0.1) is 6.04 Å². The van der Waals surface area contributed by atoms with Gasteiger partial charge in [-0.2, -0.15) is 8.78 Å². The lowest BCUT2D eigenvalue weighted by molar-refractivity contribution is -0.0557. The van der Waals surface area contributed by atoms with E-state index in [1.165, 1.54) is 0 Å². The number of alkyl halides is 3. The van der Waals surface area contributed by atoms with Crippen molar-refractivity contribution in [2.45, 2.75) is 49.2 Å². The normalized spacial score (nSPS) is 24.9. The second kappa shape index (κ2) is 6.82. The van der Waals surface area contributed by atoms with E-state index < -0.39 is 37.4 Å². The van der Waals surface area contributed by atoms with Crippen molar-refractivity contribution in [3.8, 4) is 0 Å². The van der Waals surface area contributed by atoms with Gasteiger partial charge in [0, 0.05) is 4.90 Å². The first-order valence-electron chi connectivity index (χ1n) is 7.01. The molecule has 1 fully saturated rings. The summed E-state index contributed by atoms with van der Waals surface area (Å²) in [5.41, 5.74) is -0.107. The number of ether oxygens (including phenoxy) is 1. The van der Waals surface area contributed by atoms with Gasteiger partial charge in [0.15, 0.2) is 0 Å². The van der Waals surface area contributed by atoms with E-state index in [9.17, 15) is 18.2 Å². The van der Waals surface area contributed by atoms with E-state index in [0.717, 1.165) is 0 Å². The van der Waals surface area contributed by atoms with Crippen LogP contribution in [0, 0.1) is 0 Å². The molecule has 3 nitrogen and oxygen atoms in total. The van der Waals surface area contributed by atoms with Gasteiger partial charge in [0.1, 0.15) is 18.5 Å². The molecule has 1 aliphatic heterocycles. The maximum absolute atomic E-state index is 13.5. The molecule has 0 aliphatic carbocycles. The van der Waals surface area contributed by atoms with Gasteiger partial charge in [-0.1, -0.05) is 23.9 Å². The average molecular weight is 333 g/mol. The fourth-order valence-corrected chi connectivity index (χ4v) is 3.51. The van der Waals surface area contributed by atoms with Crippen molar-refractivity contribution in [2.75, 3.05) is 6.67 Å². The minimum absolute atomic E-state index is 0.445. The third-order valence-corrected chi connectivity index (χ3v) is 4.46. The van der Waals surface area contributed by atoms with E-state index in [1.54, 1.807) is 49.7 Å². The highest BCUT2D eigenvalue weighted by Gasteiger charge is 2.50. The Hall–Kier alpha value is -0.695. The van der Waals surface area contributed by atoms with Gasteiger partial charge in [-0.05, 0) is 38.4 Å². The molecule has 0 saturated carbocycles. The quantitative estimate of drug-likeness (QED) is 0.660. The van der Waals surface area contributed by atoms with Crippen LogP contribution in [0.5, 0.6) is 0 Å². The van der Waals surface area contributed by atoms with E-state index in [4.69, 9.17) is 4.74 Å². The molecule has 1 aromatic rings. The summed E-state index contributed by atoms with van der Waals surface area (Å²) in [6.07, 6.45) is -0.555. The summed E-state index contributed by atoms with van der Waals surface area (Å²) in [6, 6.07) is 5.86. The molecule has 0 bridgehead atoms. The van der Waals surface area contributed by atoms with Crippen LogP contribution in [-0.2, 0) is 4.74 Å². The van der Waals surface area contributed by atoms with E-state index in [-0.39, 0.29) is 0 Å². The highest BCUT2D eigenvalue weighted by Crippen LogP contribution is 2.41. The van der Waals surface area contributed by atoms with Crippen molar-refractivity contribution in [3.05, 3.63) is 29.8 Å². The third kappa shape index (κ3) is 3.61. The zero-order valence-corrected chi connectivity index (χ0v) is 13.5. The van der Waals surface area contributed by atoms with Gasteiger partial charge in [-0.25, -0.2) is 4.39 Å². The van der Waals surface area contributed by atoms with Gasteiger partial charge in [-0.15, -0.1) is 0 Å². The Morgan fingerprint density at radius 2 is 1.95 bits per heavy atom. The molecule has 0 amide bonds. The zero-order chi connectivity index (χ0) is 16.5. The molecule has 2 atom stereocenters. The van der Waals surface area contributed by atoms with E-state index in [0.29, 0.717) is 22.2 Å². The molecule has 8 heteroatoms. The Morgan fingerprint density at radius 1 is 1.36 bits per heavy atom. The van der Waals surface area contributed by atoms with Crippen molar-refractivity contribution in [1.82, 2.24) is 4.81 Å². The first kappa shape index (κ1) is 17.7. The predicted molar refractivity (Wildman–Crippen MR) is 81.6 cm³/mol. The summed E-state index contributed by atoms with van der Waals surface area (Å²) >= 11 is 0.463. The van der Waals surface area contributed by atoms with Crippen LogP contribution in [0.25, 0.3) is 0 Å². The maximum atomic E-state index is 13.5. The van der Waals surface area contributed by atoms with Gasteiger partial charge < -0.3 is 9.76 Å². The molecule has 1 aromatic carbocycles. The van der Waals surface area contributed by atoms with Gasteiger partial charge >= 0.3 is 7.05 Å². The van der Waals surface area contributed by atoms with Crippen molar-refractivity contribution in [3.63, 3.8) is 0 Å². The largest absolute Gasteiger partial charge is 0.437 e. The molecule has 22 heavy (non-hydrogen) atoms. The van der Waals surface area contributed by atoms with Crippen LogP contribution in [0.4, 0.5) is 13.2 Å². The highest BCUT2D eigenvalue weighted by atomic mass is 32.2. The Kier molecular flexibility index (Phi) is 5.47. The lowest BCUT2D eigenvalue weighted by Crippen LogP contribution is -2.52. The summed E-state index contributed by atoms with van der Waals surface area (Å²) in [4.78, 5) is 2.03. The van der Waals surface area contributed by atoms with Crippen LogP contribution < -0.4 is 0 Å². The molecular weight excluding hydrogens is 314 g/mol. The molecule has 2 rings (SSSR count). The SMILES string of the molecule is CB(O)N1[C@@H](CF)[C@@H](c2ccc(SC(F)F)cc2)OC1(C)C. The molecule has 122 valence electrons. The Bertz CT molecular complexity index is 501. The first-order chi connectivity index (χ1) is 10.3. The second-order valence-electron chi connectivity index (χ2n) is 5.69. The summed E-state index contributed by atoms with van der Waals surface area (Å²) in [5.74, 6) is -2.48. The molecule has 1 heterocycles. The lowest BCUT2D eigenvalue weighted by Gasteiger charge is -2.33. The topological polar surface area (TPSA) is 32.7 Å². The smallest absolute Gasteiger partial charge is 0.379 e. The van der Waals surface area contributed by atoms with E-state index in [1.807, 2.05) is 0 Å². The van der Waals surface area contributed by atoms with Gasteiger partial charge in [0.2, 0.25) is 0 Å². The Labute approximate surface area is 133 Å². The summed E-state index contributed by atoms with van der Waals surface area (Å²) in [5, 5.41) is 9.89. The van der Waals surface area contributed by atoms with Crippen molar-refractivity contribution in [2.24, 2.45) is 0 Å². The molecule has 0 aromatic heterocycles. The molecule has 0 radical (unpaired) electrons. The number of hydrogen-bond acceptors (Lipinski definition) is 4. The van der Waals surface area contributed by atoms with Crippen LogP contribution >= 0.6 is 11.8 Å². The van der Waals surface area contributed by atoms with Gasteiger partial charge in [-0.3, -0.25) is 4.81 Å². The number of nitrogens with zero attached hydrogens (tertiary/aromatic N) is 1. The minimum Gasteiger partial charge on any atom is -0.437 e. The van der Waals surface area contributed by atoms with E-state index >= 15 is 0 Å². The van der Waals surface area contributed by atoms with Crippen molar-refractivity contribution in [1.29, 1.82) is 0 Å². The average Bonchev–Trinajstić information content (AvgIpc) is 2.70. The van der Waals surface area contributed by atoms with Gasteiger partial charge in [0.25, 0.3) is 5.76 Å². The van der Waals surface area contributed by atoms with Crippen LogP contribution in [0.15, 0.2) is 29.2 Å². The number of thioether (sulfide) groups is 1. The standard InChI is InChI=1S/C14H19BF3NO2S/c1-14(2)19(15(3)20)11(8-16)12(21-14)9-4-6-10(7-5-9)22-13(17)18/h4-7,11-13,20H,8H2,1-3H3/t11-,12+/m0/s1. The molecule has 1 saturated heterocycles. The van der Waals surface area contributed by atoms with Crippen LogP contribution in [0.1, 0.15) is 25.5 Å². The van der Waals surface area contributed by atoms with Crippen LogP contribution in [-0.4, -0.2) is 41.1 Å². The zero-order valence-electron chi connectivity index (χ0n) is 12.7. The summed E-state index contributed by atoms with van der Waals surface area (Å²) < 4.78 is 44.1. The fraction of sp³-hybridized carbons (Fsp3) is 0.571. The molecule has 0 unspecified atom stereocenters. The van der Waals surface area contributed by atoms with Crippen molar-refractivity contribution >= 4 is 18.8 Å². The Balaban J connectivity index is 2.24. The minimum atomic E-state index is -2.48. The monoisotopic (exact) mass is 333 g/mol. The number of rotatable bonds is 5. The number of halogens is 3. The van der Waals surface area contributed by atoms with Crippen molar-refractivity contribution < 1.29 is 22.9 Å². The van der Waals surface area contributed by atoms with E-state index in [2.05, 4.69) is 0 Å². The summed E-state index contributed by atoms with van der Waals surface area (Å²) in [6.45, 7) is 4.43. The molecular formula is C14H19BF3NO2S. The molecule has 1 aliphatic rings. The first-order valence-corrected chi connectivity index (χ1v) is 7.89. The number of hydrogen-bond donors (Lipinski definition) is 1. The Morgan fingerprint density at radius 3 is 2.41 bits per heavy atom. The third-order valence-electron chi connectivity index (χ3n) is 3.74. The lowest BCUT2D eigenvalue weighted by atomic mass is 9.80. The van der Waals surface area contributed by atoms with Crippen LogP contribution in [0.3, 0.4) is 0 Å². The molecule has 1 N–H and O–H groups in total. The summed E-state index contributed by atoms with van der Waals surface area (Å²) in [7, 11) is -0.852. The predicted octanol–water partition coefficient (Wildman–Crippen LogP) is 3.56. The maximum Gasteiger partial charge on any atom is 0.379 e. The van der Waals surface area contributed by atoms with Crippen LogP contribution in [0.2, 0.25) is 6.82 Å². The number of benzene rings is 1. The fourth-order valence-electron chi connectivity index (χ4n) is 3.01. The second-order valence-corrected chi connectivity index (χ2v) is 6.76.